The van der Waals surface area contributed by atoms with Crippen molar-refractivity contribution in [3.05, 3.63) is 42.0 Å². The molecule has 1 spiro atoms. The molecule has 0 N–H and O–H groups in total. The summed E-state index contributed by atoms with van der Waals surface area (Å²) < 4.78 is 11.5. The Hall–Kier alpha value is -2.14. The Kier molecular flexibility index (Phi) is 3.72. The van der Waals surface area contributed by atoms with E-state index in [0.717, 1.165) is 11.3 Å². The van der Waals surface area contributed by atoms with Crippen LogP contribution in [0, 0.1) is 24.7 Å². The van der Waals surface area contributed by atoms with Crippen molar-refractivity contribution in [1.82, 2.24) is 0 Å². The van der Waals surface area contributed by atoms with Gasteiger partial charge in [-0.2, -0.15) is 0 Å². The summed E-state index contributed by atoms with van der Waals surface area (Å²) in [6.07, 6.45) is 3.51. The molecule has 3 aliphatic heterocycles. The van der Waals surface area contributed by atoms with Gasteiger partial charge in [0.2, 0.25) is 5.91 Å². The van der Waals surface area contributed by atoms with Gasteiger partial charge in [-0.05, 0) is 30.5 Å². The number of amides is 1. The van der Waals surface area contributed by atoms with E-state index in [1.54, 1.807) is 4.90 Å². The first-order chi connectivity index (χ1) is 11.9. The molecule has 3 heterocycles. The van der Waals surface area contributed by atoms with Gasteiger partial charge in [0.1, 0.15) is 11.5 Å². The Balaban J connectivity index is 1.62. The molecule has 5 heteroatoms. The Morgan fingerprint density at radius 3 is 2.96 bits per heavy atom. The van der Waals surface area contributed by atoms with Crippen molar-refractivity contribution in [3.8, 4) is 0 Å². The van der Waals surface area contributed by atoms with Crippen molar-refractivity contribution in [3.63, 3.8) is 0 Å². The summed E-state index contributed by atoms with van der Waals surface area (Å²) in [6.45, 7) is 6.79. The fraction of sp³-hybridized carbons (Fsp3) is 0.500. The van der Waals surface area contributed by atoms with Crippen molar-refractivity contribution < 1.29 is 19.1 Å². The van der Waals surface area contributed by atoms with E-state index in [1.165, 1.54) is 0 Å². The average Bonchev–Trinajstić information content (AvgIpc) is 3.21. The quantitative estimate of drug-likeness (QED) is 0.624. The lowest BCUT2D eigenvalue weighted by atomic mass is 9.77. The van der Waals surface area contributed by atoms with Crippen molar-refractivity contribution in [1.29, 1.82) is 0 Å². The first kappa shape index (κ1) is 16.3. The van der Waals surface area contributed by atoms with Gasteiger partial charge < -0.3 is 14.4 Å². The lowest BCUT2D eigenvalue weighted by molar-refractivity contribution is -0.153. The topological polar surface area (TPSA) is 55.8 Å². The standard InChI is InChI=1S/C20H23NO4/c1-12(2)10-24-19(23)16-15-7-8-20(25-15)11-21(18(22)17(16)20)14-6-4-5-13(3)9-14/h4-9,12,15-17H,10-11H2,1-3H3/t15-,16+,17-,20-/m1/s1. The molecule has 25 heavy (non-hydrogen) atoms. The molecular formula is C20H23NO4. The van der Waals surface area contributed by atoms with Crippen molar-refractivity contribution in [2.75, 3.05) is 18.1 Å². The third-order valence-electron chi connectivity index (χ3n) is 5.24. The molecule has 1 aromatic rings. The van der Waals surface area contributed by atoms with E-state index in [4.69, 9.17) is 9.47 Å². The number of aryl methyl sites for hydroxylation is 1. The summed E-state index contributed by atoms with van der Waals surface area (Å²) in [5, 5.41) is 0. The number of hydrogen-bond acceptors (Lipinski definition) is 4. The summed E-state index contributed by atoms with van der Waals surface area (Å²) in [7, 11) is 0. The van der Waals surface area contributed by atoms with Gasteiger partial charge in [-0.25, -0.2) is 0 Å². The predicted molar refractivity (Wildman–Crippen MR) is 93.1 cm³/mol. The minimum atomic E-state index is -0.701. The summed E-state index contributed by atoms with van der Waals surface area (Å²) in [5.74, 6) is -1.16. The second-order valence-corrected chi connectivity index (χ2v) is 7.69. The molecule has 0 radical (unpaired) electrons. The van der Waals surface area contributed by atoms with Gasteiger partial charge in [0.25, 0.3) is 0 Å². The molecule has 0 saturated carbocycles. The largest absolute Gasteiger partial charge is 0.465 e. The first-order valence-electron chi connectivity index (χ1n) is 8.83. The van der Waals surface area contributed by atoms with E-state index in [-0.39, 0.29) is 23.9 Å². The molecular weight excluding hydrogens is 318 g/mol. The van der Waals surface area contributed by atoms with Crippen LogP contribution in [0.15, 0.2) is 36.4 Å². The Morgan fingerprint density at radius 1 is 1.44 bits per heavy atom. The second kappa shape index (κ2) is 5.70. The minimum Gasteiger partial charge on any atom is -0.465 e. The van der Waals surface area contributed by atoms with Crippen molar-refractivity contribution in [2.24, 2.45) is 17.8 Å². The highest BCUT2D eigenvalue weighted by molar-refractivity contribution is 6.02. The number of esters is 1. The van der Waals surface area contributed by atoms with E-state index in [2.05, 4.69) is 0 Å². The number of anilines is 1. The highest BCUT2D eigenvalue weighted by Gasteiger charge is 2.67. The molecule has 3 aliphatic rings. The zero-order valence-corrected chi connectivity index (χ0v) is 14.8. The van der Waals surface area contributed by atoms with Gasteiger partial charge in [-0.1, -0.05) is 38.1 Å². The van der Waals surface area contributed by atoms with Gasteiger partial charge in [-0.15, -0.1) is 0 Å². The van der Waals surface area contributed by atoms with Crippen molar-refractivity contribution >= 4 is 17.6 Å². The van der Waals surface area contributed by atoms with E-state index in [1.807, 2.05) is 57.2 Å². The van der Waals surface area contributed by atoms with Gasteiger partial charge in [0, 0.05) is 5.69 Å². The van der Waals surface area contributed by atoms with Crippen molar-refractivity contribution in [2.45, 2.75) is 32.5 Å². The van der Waals surface area contributed by atoms with Crippen LogP contribution in [0.4, 0.5) is 5.69 Å². The molecule has 5 nitrogen and oxygen atoms in total. The highest BCUT2D eigenvalue weighted by atomic mass is 16.6. The smallest absolute Gasteiger partial charge is 0.312 e. The SMILES string of the molecule is Cc1cccc(N2C[C@@]34C=C[C@@H](O3)[C@H](C(=O)OCC(C)C)[C@@H]4C2=O)c1. The molecule has 0 unspecified atom stereocenters. The predicted octanol–water partition coefficient (Wildman–Crippen LogP) is 2.48. The number of ether oxygens (including phenoxy) is 2. The van der Waals surface area contributed by atoms with Crippen LogP contribution in [0.25, 0.3) is 0 Å². The monoisotopic (exact) mass is 341 g/mol. The zero-order valence-electron chi connectivity index (χ0n) is 14.8. The Bertz CT molecular complexity index is 756. The second-order valence-electron chi connectivity index (χ2n) is 7.69. The minimum absolute atomic E-state index is 0.0519. The maximum Gasteiger partial charge on any atom is 0.312 e. The van der Waals surface area contributed by atoms with Crippen LogP contribution < -0.4 is 4.90 Å². The van der Waals surface area contributed by atoms with E-state index in [0.29, 0.717) is 13.2 Å². The molecule has 0 aromatic heterocycles. The molecule has 4 rings (SSSR count). The molecule has 2 saturated heterocycles. The molecule has 0 aliphatic carbocycles. The molecule has 1 amide bonds. The summed E-state index contributed by atoms with van der Waals surface area (Å²) >= 11 is 0. The Morgan fingerprint density at radius 2 is 2.24 bits per heavy atom. The number of benzene rings is 1. The number of rotatable bonds is 4. The summed E-state index contributed by atoms with van der Waals surface area (Å²) in [4.78, 5) is 27.5. The number of fused-ring (bicyclic) bond motifs is 1. The maximum atomic E-state index is 13.1. The maximum absolute atomic E-state index is 13.1. The third-order valence-corrected chi connectivity index (χ3v) is 5.24. The van der Waals surface area contributed by atoms with Gasteiger partial charge in [0.15, 0.2) is 0 Å². The molecule has 2 fully saturated rings. The van der Waals surface area contributed by atoms with Crippen LogP contribution in [0.1, 0.15) is 19.4 Å². The van der Waals surface area contributed by atoms with E-state index in [9.17, 15) is 9.59 Å². The van der Waals surface area contributed by atoms with Crippen LogP contribution in [0.5, 0.6) is 0 Å². The molecule has 4 atom stereocenters. The van der Waals surface area contributed by atoms with E-state index < -0.39 is 17.4 Å². The molecule has 2 bridgehead atoms. The van der Waals surface area contributed by atoms with Crippen LogP contribution >= 0.6 is 0 Å². The molecule has 1 aromatic carbocycles. The highest BCUT2D eigenvalue weighted by Crippen LogP contribution is 2.52. The fourth-order valence-electron chi connectivity index (χ4n) is 4.13. The van der Waals surface area contributed by atoms with Gasteiger partial charge in [0.05, 0.1) is 25.2 Å². The number of nitrogens with zero attached hydrogens (tertiary/aromatic N) is 1. The van der Waals surface area contributed by atoms with Crippen LogP contribution in [0.3, 0.4) is 0 Å². The Labute approximate surface area is 147 Å². The van der Waals surface area contributed by atoms with Crippen LogP contribution in [-0.2, 0) is 19.1 Å². The lowest BCUT2D eigenvalue weighted by Gasteiger charge is -2.23. The number of carbonyl (C=O) groups excluding carboxylic acids is 2. The summed E-state index contributed by atoms with van der Waals surface area (Å²) in [5.41, 5.74) is 1.24. The number of hydrogen-bond donors (Lipinski definition) is 0. The van der Waals surface area contributed by atoms with Crippen LogP contribution in [-0.4, -0.2) is 36.7 Å². The summed E-state index contributed by atoms with van der Waals surface area (Å²) in [6, 6.07) is 7.84. The third kappa shape index (κ3) is 2.49. The average molecular weight is 341 g/mol. The molecule has 132 valence electrons. The zero-order chi connectivity index (χ0) is 17.8. The first-order valence-corrected chi connectivity index (χ1v) is 8.83. The van der Waals surface area contributed by atoms with E-state index >= 15 is 0 Å². The van der Waals surface area contributed by atoms with Gasteiger partial charge in [-0.3, -0.25) is 9.59 Å². The lowest BCUT2D eigenvalue weighted by Crippen LogP contribution is -2.40. The number of carbonyl (C=O) groups is 2. The van der Waals surface area contributed by atoms with Crippen LogP contribution in [0.2, 0.25) is 0 Å². The fourth-order valence-corrected chi connectivity index (χ4v) is 4.13. The normalized spacial score (nSPS) is 32.6. The van der Waals surface area contributed by atoms with Gasteiger partial charge >= 0.3 is 5.97 Å².